The summed E-state index contributed by atoms with van der Waals surface area (Å²) in [7, 11) is 1.85. The number of amides is 1. The highest BCUT2D eigenvalue weighted by Crippen LogP contribution is 2.34. The average Bonchev–Trinajstić information content (AvgIpc) is 3.07. The molecular weight excluding hydrogens is 266 g/mol. The van der Waals surface area contributed by atoms with Crippen LogP contribution in [0.5, 0.6) is 0 Å². The number of nitrogens with zero attached hydrogens (tertiary/aromatic N) is 6. The molecule has 0 atom stereocenters. The van der Waals surface area contributed by atoms with Crippen molar-refractivity contribution < 1.29 is 4.79 Å². The predicted octanol–water partition coefficient (Wildman–Crippen LogP) is 0.182. The molecule has 19 heavy (non-hydrogen) atoms. The zero-order valence-electron chi connectivity index (χ0n) is 10.4. The van der Waals surface area contributed by atoms with E-state index in [2.05, 4.69) is 25.9 Å². The number of hydrogen-bond donors (Lipinski definition) is 1. The Morgan fingerprint density at radius 3 is 3.21 bits per heavy atom. The Labute approximate surface area is 113 Å². The molecular formula is C10H13N7OS. The van der Waals surface area contributed by atoms with Gasteiger partial charge in [-0.2, -0.15) is 16.9 Å². The molecule has 0 saturated carbocycles. The highest BCUT2D eigenvalue weighted by Gasteiger charge is 2.22. The van der Waals surface area contributed by atoms with Gasteiger partial charge in [-0.3, -0.25) is 9.48 Å². The largest absolute Gasteiger partial charge is 0.311 e. The van der Waals surface area contributed by atoms with Gasteiger partial charge in [0, 0.05) is 30.5 Å². The van der Waals surface area contributed by atoms with E-state index in [0.29, 0.717) is 13.0 Å². The molecule has 1 aliphatic rings. The van der Waals surface area contributed by atoms with E-state index >= 15 is 0 Å². The number of carbonyl (C=O) groups is 1. The highest BCUT2D eigenvalue weighted by atomic mass is 32.2. The monoisotopic (exact) mass is 279 g/mol. The molecule has 0 aromatic carbocycles. The molecule has 2 aromatic heterocycles. The van der Waals surface area contributed by atoms with E-state index in [1.54, 1.807) is 4.68 Å². The maximum absolute atomic E-state index is 11.9. The van der Waals surface area contributed by atoms with Crippen molar-refractivity contribution in [2.24, 2.45) is 7.05 Å². The second-order valence-electron chi connectivity index (χ2n) is 4.26. The van der Waals surface area contributed by atoms with Crippen molar-refractivity contribution in [2.75, 3.05) is 5.32 Å². The van der Waals surface area contributed by atoms with E-state index in [1.807, 2.05) is 18.8 Å². The first-order valence-electron chi connectivity index (χ1n) is 5.87. The number of hydrogen-bond acceptors (Lipinski definition) is 6. The first kappa shape index (κ1) is 12.2. The molecule has 3 heterocycles. The van der Waals surface area contributed by atoms with Crippen molar-refractivity contribution in [3.05, 3.63) is 17.6 Å². The number of aryl methyl sites for hydroxylation is 2. The van der Waals surface area contributed by atoms with Crippen LogP contribution < -0.4 is 5.32 Å². The Morgan fingerprint density at radius 2 is 2.42 bits per heavy atom. The Balaban J connectivity index is 1.63. The van der Waals surface area contributed by atoms with Crippen LogP contribution in [0.25, 0.3) is 0 Å². The lowest BCUT2D eigenvalue weighted by atomic mass is 10.2. The summed E-state index contributed by atoms with van der Waals surface area (Å²) in [5.74, 6) is 2.58. The van der Waals surface area contributed by atoms with Crippen molar-refractivity contribution in [3.8, 4) is 0 Å². The standard InChI is InChI=1S/C10H13N7OS/c1-16-10(7-4-19-5-8(7)13-16)12-9(18)2-3-17-6-11-14-15-17/h6H,2-5H2,1H3,(H,12,18). The Hall–Kier alpha value is -1.90. The number of fused-ring (bicyclic) bond motifs is 1. The minimum absolute atomic E-state index is 0.0572. The van der Waals surface area contributed by atoms with Gasteiger partial charge >= 0.3 is 0 Å². The fourth-order valence-electron chi connectivity index (χ4n) is 1.99. The zero-order valence-corrected chi connectivity index (χ0v) is 11.2. The number of rotatable bonds is 4. The normalized spacial score (nSPS) is 13.5. The summed E-state index contributed by atoms with van der Waals surface area (Å²) >= 11 is 1.81. The summed E-state index contributed by atoms with van der Waals surface area (Å²) in [6, 6.07) is 0. The van der Waals surface area contributed by atoms with Crippen LogP contribution >= 0.6 is 11.8 Å². The van der Waals surface area contributed by atoms with Gasteiger partial charge in [0.25, 0.3) is 0 Å². The van der Waals surface area contributed by atoms with Crippen molar-refractivity contribution >= 4 is 23.5 Å². The van der Waals surface area contributed by atoms with E-state index in [-0.39, 0.29) is 5.91 Å². The lowest BCUT2D eigenvalue weighted by molar-refractivity contribution is -0.116. The second-order valence-corrected chi connectivity index (χ2v) is 5.25. The summed E-state index contributed by atoms with van der Waals surface area (Å²) in [4.78, 5) is 11.9. The molecule has 100 valence electrons. The third kappa shape index (κ3) is 2.46. The van der Waals surface area contributed by atoms with E-state index in [0.717, 1.165) is 28.6 Å². The first-order chi connectivity index (χ1) is 9.24. The summed E-state index contributed by atoms with van der Waals surface area (Å²) in [6.07, 6.45) is 1.82. The van der Waals surface area contributed by atoms with E-state index in [4.69, 9.17) is 0 Å². The third-order valence-electron chi connectivity index (χ3n) is 2.93. The maximum Gasteiger partial charge on any atom is 0.227 e. The number of anilines is 1. The van der Waals surface area contributed by atoms with Crippen LogP contribution in [0.3, 0.4) is 0 Å². The molecule has 1 aliphatic heterocycles. The van der Waals surface area contributed by atoms with Gasteiger partial charge in [0.05, 0.1) is 12.2 Å². The van der Waals surface area contributed by atoms with Gasteiger partial charge in [-0.05, 0) is 10.4 Å². The number of tetrazole rings is 1. The predicted molar refractivity (Wildman–Crippen MR) is 69.3 cm³/mol. The molecule has 0 saturated heterocycles. The van der Waals surface area contributed by atoms with Gasteiger partial charge in [0.1, 0.15) is 12.1 Å². The van der Waals surface area contributed by atoms with Gasteiger partial charge in [-0.25, -0.2) is 4.68 Å². The molecule has 1 amide bonds. The van der Waals surface area contributed by atoms with E-state index in [9.17, 15) is 4.79 Å². The molecule has 0 radical (unpaired) electrons. The smallest absolute Gasteiger partial charge is 0.227 e. The van der Waals surface area contributed by atoms with Crippen LogP contribution in [-0.2, 0) is 29.9 Å². The molecule has 8 nitrogen and oxygen atoms in total. The van der Waals surface area contributed by atoms with Crippen molar-refractivity contribution in [1.82, 2.24) is 30.0 Å². The number of thioether (sulfide) groups is 1. The quantitative estimate of drug-likeness (QED) is 0.858. The van der Waals surface area contributed by atoms with E-state index in [1.165, 1.54) is 11.0 Å². The van der Waals surface area contributed by atoms with Crippen LogP contribution in [0.1, 0.15) is 17.7 Å². The lowest BCUT2D eigenvalue weighted by Gasteiger charge is -2.07. The molecule has 0 spiro atoms. The molecule has 2 aromatic rings. The summed E-state index contributed by atoms with van der Waals surface area (Å²) in [5, 5.41) is 18.1. The molecule has 0 fully saturated rings. The number of carbonyl (C=O) groups excluding carboxylic acids is 1. The van der Waals surface area contributed by atoms with Gasteiger partial charge in [0.2, 0.25) is 5.91 Å². The third-order valence-corrected chi connectivity index (χ3v) is 3.90. The summed E-state index contributed by atoms with van der Waals surface area (Å²) in [6.45, 7) is 0.466. The Morgan fingerprint density at radius 1 is 1.53 bits per heavy atom. The molecule has 1 N–H and O–H groups in total. The van der Waals surface area contributed by atoms with Gasteiger partial charge in [-0.1, -0.05) is 0 Å². The minimum Gasteiger partial charge on any atom is -0.311 e. The number of nitrogens with one attached hydrogen (secondary N) is 1. The molecule has 0 unspecified atom stereocenters. The minimum atomic E-state index is -0.0572. The number of aromatic nitrogens is 6. The molecule has 0 aliphatic carbocycles. The van der Waals surface area contributed by atoms with E-state index < -0.39 is 0 Å². The van der Waals surface area contributed by atoms with Crippen LogP contribution in [0.15, 0.2) is 6.33 Å². The Kier molecular flexibility index (Phi) is 3.20. The second kappa shape index (κ2) is 5.00. The SMILES string of the molecule is Cn1nc2c(c1NC(=O)CCn1cnnn1)CSC2. The summed E-state index contributed by atoms with van der Waals surface area (Å²) in [5.41, 5.74) is 2.21. The lowest BCUT2D eigenvalue weighted by Crippen LogP contribution is -2.17. The van der Waals surface area contributed by atoms with Gasteiger partial charge in [-0.15, -0.1) is 5.10 Å². The zero-order chi connectivity index (χ0) is 13.2. The maximum atomic E-state index is 11.9. The van der Waals surface area contributed by atoms with Gasteiger partial charge < -0.3 is 5.32 Å². The molecule has 9 heteroatoms. The van der Waals surface area contributed by atoms with Crippen LogP contribution in [0.2, 0.25) is 0 Å². The topological polar surface area (TPSA) is 90.5 Å². The van der Waals surface area contributed by atoms with Crippen LogP contribution in [0.4, 0.5) is 5.82 Å². The van der Waals surface area contributed by atoms with Gasteiger partial charge in [0.15, 0.2) is 0 Å². The van der Waals surface area contributed by atoms with Crippen molar-refractivity contribution in [1.29, 1.82) is 0 Å². The van der Waals surface area contributed by atoms with Crippen molar-refractivity contribution in [2.45, 2.75) is 24.5 Å². The molecule has 3 rings (SSSR count). The highest BCUT2D eigenvalue weighted by molar-refractivity contribution is 7.98. The fraction of sp³-hybridized carbons (Fsp3) is 0.500. The first-order valence-corrected chi connectivity index (χ1v) is 7.02. The summed E-state index contributed by atoms with van der Waals surface area (Å²) < 4.78 is 3.27. The average molecular weight is 279 g/mol. The Bertz CT molecular complexity index is 591. The van der Waals surface area contributed by atoms with Crippen molar-refractivity contribution in [3.63, 3.8) is 0 Å². The molecule has 0 bridgehead atoms. The van der Waals surface area contributed by atoms with Crippen LogP contribution in [-0.4, -0.2) is 35.9 Å². The van der Waals surface area contributed by atoms with Crippen LogP contribution in [0, 0.1) is 0 Å². The fourth-order valence-corrected chi connectivity index (χ4v) is 3.03.